The highest BCUT2D eigenvalue weighted by Crippen LogP contribution is 2.56. The molecule has 0 aliphatic carbocycles. The van der Waals surface area contributed by atoms with E-state index in [9.17, 15) is 9.67 Å². The molecule has 9 nitrogen and oxygen atoms in total. The summed E-state index contributed by atoms with van der Waals surface area (Å²) in [5, 5.41) is 9.44. The minimum atomic E-state index is -3.78. The monoisotopic (exact) mass is 430 g/mol. The van der Waals surface area contributed by atoms with Gasteiger partial charge < -0.3 is 28.2 Å². The smallest absolute Gasteiger partial charge is 0.386 e. The molecular weight excluding hydrogens is 405 g/mol. The zero-order chi connectivity index (χ0) is 19.5. The van der Waals surface area contributed by atoms with E-state index in [0.29, 0.717) is 0 Å². The van der Waals surface area contributed by atoms with Crippen molar-refractivity contribution in [2.24, 2.45) is 0 Å². The number of ether oxygens (including phenoxy) is 4. The van der Waals surface area contributed by atoms with E-state index >= 15 is 0 Å². The fraction of sp³-hybridized carbons (Fsp3) is 1.00. The van der Waals surface area contributed by atoms with E-state index in [-0.39, 0.29) is 31.3 Å². The van der Waals surface area contributed by atoms with Crippen LogP contribution in [0.25, 0.3) is 0 Å². The highest BCUT2D eigenvalue weighted by molar-refractivity contribution is 8.44. The van der Waals surface area contributed by atoms with Gasteiger partial charge in [0.05, 0.1) is 25.2 Å². The Labute approximate surface area is 165 Å². The molecule has 14 heteroatoms. The van der Waals surface area contributed by atoms with E-state index < -0.39 is 37.3 Å². The van der Waals surface area contributed by atoms with E-state index in [4.69, 9.17) is 32.2 Å². The van der Waals surface area contributed by atoms with Crippen molar-refractivity contribution in [3.8, 4) is 0 Å². The average molecular weight is 430 g/mol. The summed E-state index contributed by atoms with van der Waals surface area (Å²) in [6, 6.07) is -0.578. The van der Waals surface area contributed by atoms with Crippen LogP contribution < -0.4 is 0 Å². The molecule has 2 rings (SSSR count). The predicted octanol–water partition coefficient (Wildman–Crippen LogP) is -1.61. The summed E-state index contributed by atoms with van der Waals surface area (Å²) in [5.74, 6) is 0. The largest absolute Gasteiger partial charge is 0.394 e. The minimum absolute atomic E-state index is 0.0965. The molecule has 0 saturated carbocycles. The number of aliphatic hydroxyl groups excluding tert-OH is 1. The van der Waals surface area contributed by atoms with Crippen molar-refractivity contribution in [1.29, 1.82) is 0 Å². The normalized spacial score (nSPS) is 42.8. The van der Waals surface area contributed by atoms with Gasteiger partial charge in [0, 0.05) is 14.2 Å². The summed E-state index contributed by atoms with van der Waals surface area (Å²) in [6.45, 7) is -4.19. The third-order valence-corrected chi connectivity index (χ3v) is 6.45. The van der Waals surface area contributed by atoms with Crippen LogP contribution in [0.15, 0.2) is 0 Å². The van der Waals surface area contributed by atoms with Crippen LogP contribution in [0.4, 0.5) is 0 Å². The molecule has 0 aromatic rings. The predicted molar refractivity (Wildman–Crippen MR) is 104 cm³/mol. The second-order valence-corrected chi connectivity index (χ2v) is 9.33. The van der Waals surface area contributed by atoms with Gasteiger partial charge in [-0.15, -0.1) is 0 Å². The van der Waals surface area contributed by atoms with Crippen molar-refractivity contribution in [1.82, 2.24) is 0 Å². The van der Waals surface area contributed by atoms with Gasteiger partial charge in [0.25, 0.3) is 0 Å². The van der Waals surface area contributed by atoms with Crippen LogP contribution in [-0.2, 0) is 36.7 Å². The van der Waals surface area contributed by atoms with E-state index in [1.165, 1.54) is 7.11 Å². The Morgan fingerprint density at radius 3 is 2.08 bits per heavy atom. The van der Waals surface area contributed by atoms with Crippen LogP contribution in [0.3, 0.4) is 0 Å². The standard InChI is InChI=1S/C12H25B2O9PS2/c1-17-9-7(5(3-15)20-11(9)13)22-24(16,26)19-4-6-8(23-25)10(18-2)12(14)21-6/h5-12,15,25H,3-4,13-14H2,1-2H3,(H,16,26)/t5-,6-,7?,8?,9?,10?,11-,12-,24?/m1/s1. The van der Waals surface area contributed by atoms with Crippen molar-refractivity contribution >= 4 is 47.6 Å². The second kappa shape index (κ2) is 9.98. The summed E-state index contributed by atoms with van der Waals surface area (Å²) >= 11 is 7.87. The molecule has 150 valence electrons. The van der Waals surface area contributed by atoms with Gasteiger partial charge in [-0.05, 0) is 12.9 Å². The third kappa shape index (κ3) is 5.21. The van der Waals surface area contributed by atoms with Crippen molar-refractivity contribution in [2.75, 3.05) is 27.4 Å². The average Bonchev–Trinajstić information content (AvgIpc) is 3.07. The van der Waals surface area contributed by atoms with E-state index in [1.54, 1.807) is 15.0 Å². The molecule has 0 bridgehead atoms. The molecule has 0 aromatic carbocycles. The van der Waals surface area contributed by atoms with Crippen LogP contribution in [-0.4, -0.2) is 96.9 Å². The van der Waals surface area contributed by atoms with Crippen LogP contribution in [0.5, 0.6) is 0 Å². The van der Waals surface area contributed by atoms with Crippen molar-refractivity contribution in [2.45, 2.75) is 48.6 Å². The zero-order valence-corrected chi connectivity index (χ0v) is 17.8. The number of methoxy groups -OCH3 is 2. The van der Waals surface area contributed by atoms with E-state index in [0.717, 1.165) is 0 Å². The second-order valence-electron chi connectivity index (χ2n) is 6.25. The number of aliphatic hydroxyl groups is 1. The maximum absolute atomic E-state index is 12.7. The van der Waals surface area contributed by atoms with E-state index in [1.807, 2.05) is 7.85 Å². The Balaban J connectivity index is 1.97. The highest BCUT2D eigenvalue weighted by Gasteiger charge is 2.48. The molecule has 1 N–H and O–H groups in total. The molecule has 0 aromatic heterocycles. The summed E-state index contributed by atoms with van der Waals surface area (Å²) < 4.78 is 50.6. The van der Waals surface area contributed by atoms with Crippen molar-refractivity contribution < 1.29 is 41.8 Å². The fourth-order valence-corrected chi connectivity index (χ4v) is 5.10. The first-order valence-corrected chi connectivity index (χ1v) is 11.3. The molecule has 2 aliphatic rings. The van der Waals surface area contributed by atoms with Crippen LogP contribution in [0, 0.1) is 0 Å². The Morgan fingerprint density at radius 2 is 1.58 bits per heavy atom. The SMILES string of the molecule is B[C@@H]1O[C@H](COP(=O)(S)OC2C(OC)[C@H](B)O[C@@H]2CO)C(OS)C1OC. The quantitative estimate of drug-likeness (QED) is 0.173. The first kappa shape index (κ1) is 23.0. The fourth-order valence-electron chi connectivity index (χ4n) is 3.36. The summed E-state index contributed by atoms with van der Waals surface area (Å²) in [4.78, 5) is 0. The summed E-state index contributed by atoms with van der Waals surface area (Å²) in [6.07, 6.45) is -3.36. The third-order valence-electron chi connectivity index (χ3n) is 4.59. The van der Waals surface area contributed by atoms with Gasteiger partial charge >= 0.3 is 6.80 Å². The van der Waals surface area contributed by atoms with Gasteiger partial charge in [-0.2, -0.15) is 0 Å². The molecule has 9 atom stereocenters. The molecule has 2 heterocycles. The maximum atomic E-state index is 12.7. The Bertz CT molecular complexity index is 507. The molecule has 0 spiro atoms. The van der Waals surface area contributed by atoms with Gasteiger partial charge in [-0.3, -0.25) is 9.05 Å². The van der Waals surface area contributed by atoms with Crippen LogP contribution in [0.1, 0.15) is 0 Å². The Kier molecular flexibility index (Phi) is 8.83. The molecule has 0 amide bonds. The molecule has 0 radical (unpaired) electrons. The topological polar surface area (TPSA) is 102 Å². The lowest BCUT2D eigenvalue weighted by Crippen LogP contribution is -2.38. The lowest BCUT2D eigenvalue weighted by atomic mass is 9.93. The van der Waals surface area contributed by atoms with Gasteiger partial charge in [-0.1, -0.05) is 12.2 Å². The number of hydrogen-bond donors (Lipinski definition) is 3. The number of hydrogen-bond acceptors (Lipinski definition) is 10. The summed E-state index contributed by atoms with van der Waals surface area (Å²) in [5.41, 5.74) is 0. The van der Waals surface area contributed by atoms with Crippen LogP contribution >= 0.6 is 32.0 Å². The van der Waals surface area contributed by atoms with Crippen molar-refractivity contribution in [3.05, 3.63) is 0 Å². The number of rotatable bonds is 9. The van der Waals surface area contributed by atoms with E-state index in [2.05, 4.69) is 25.2 Å². The van der Waals surface area contributed by atoms with Crippen molar-refractivity contribution in [3.63, 3.8) is 0 Å². The molecule has 5 unspecified atom stereocenters. The molecule has 2 fully saturated rings. The lowest BCUT2D eigenvalue weighted by Gasteiger charge is -2.26. The Morgan fingerprint density at radius 1 is 1.04 bits per heavy atom. The molecule has 2 saturated heterocycles. The molecular formula is C12H25B2O9PS2. The molecule has 26 heavy (non-hydrogen) atoms. The molecule has 2 aliphatic heterocycles. The van der Waals surface area contributed by atoms with Crippen LogP contribution in [0.2, 0.25) is 0 Å². The summed E-state index contributed by atoms with van der Waals surface area (Å²) in [7, 11) is 6.63. The number of thiol groups is 2. The first-order valence-electron chi connectivity index (χ1n) is 8.21. The first-order chi connectivity index (χ1) is 12.3. The van der Waals surface area contributed by atoms with Gasteiger partial charge in [0.2, 0.25) is 0 Å². The van der Waals surface area contributed by atoms with Gasteiger partial charge in [0.1, 0.15) is 52.3 Å². The maximum Gasteiger partial charge on any atom is 0.386 e. The zero-order valence-electron chi connectivity index (χ0n) is 15.1. The highest BCUT2D eigenvalue weighted by atomic mass is 32.7. The Hall–Kier alpha value is 0.740. The van der Waals surface area contributed by atoms with Gasteiger partial charge in [0.15, 0.2) is 0 Å². The minimum Gasteiger partial charge on any atom is -0.394 e. The van der Waals surface area contributed by atoms with Gasteiger partial charge in [-0.25, -0.2) is 4.57 Å². The lowest BCUT2D eigenvalue weighted by molar-refractivity contribution is -0.0166.